The third-order valence-electron chi connectivity index (χ3n) is 5.40. The third-order valence-corrected chi connectivity index (χ3v) is 7.09. The molecule has 2 aliphatic heterocycles. The van der Waals surface area contributed by atoms with Crippen LogP contribution < -0.4 is 0 Å². The molecule has 2 aromatic carbocycles. The van der Waals surface area contributed by atoms with Crippen LogP contribution in [0.1, 0.15) is 22.8 Å². The zero-order valence-electron chi connectivity index (χ0n) is 15.0. The summed E-state index contributed by atoms with van der Waals surface area (Å²) in [5.41, 5.74) is 2.85. The largest absolute Gasteiger partial charge is 0.394 e. The van der Waals surface area contributed by atoms with Crippen LogP contribution in [0.3, 0.4) is 0 Å². The predicted octanol–water partition coefficient (Wildman–Crippen LogP) is 3.09. The lowest BCUT2D eigenvalue weighted by Gasteiger charge is -2.39. The number of alkyl halides is 1. The number of ether oxygens (including phenoxy) is 1. The second-order valence-electron chi connectivity index (χ2n) is 7.31. The fourth-order valence-corrected chi connectivity index (χ4v) is 5.43. The zero-order chi connectivity index (χ0) is 19.8. The Morgan fingerprint density at radius 1 is 1.14 bits per heavy atom. The van der Waals surface area contributed by atoms with E-state index < -0.39 is 37.2 Å². The average molecular weight is 425 g/mol. The molecule has 150 valence electrons. The molecule has 4 nitrogen and oxygen atoms in total. The van der Waals surface area contributed by atoms with Crippen molar-refractivity contribution in [3.05, 3.63) is 64.2 Å². The minimum absolute atomic E-state index is 0.355. The molecule has 2 aromatic rings. The smallest absolute Gasteiger partial charge is 0.157 e. The van der Waals surface area contributed by atoms with Gasteiger partial charge in [0.1, 0.15) is 24.4 Å². The Labute approximate surface area is 172 Å². The summed E-state index contributed by atoms with van der Waals surface area (Å²) in [5.74, 6) is 0. The molecule has 28 heavy (non-hydrogen) atoms. The van der Waals surface area contributed by atoms with Gasteiger partial charge in [-0.15, -0.1) is 11.8 Å². The van der Waals surface area contributed by atoms with E-state index in [0.29, 0.717) is 15.8 Å². The first-order chi connectivity index (χ1) is 13.5. The number of benzene rings is 2. The van der Waals surface area contributed by atoms with Gasteiger partial charge in [-0.05, 0) is 41.7 Å². The molecule has 0 aliphatic carbocycles. The van der Waals surface area contributed by atoms with E-state index >= 15 is 0 Å². The van der Waals surface area contributed by atoms with Crippen molar-refractivity contribution >= 4 is 23.4 Å². The summed E-state index contributed by atoms with van der Waals surface area (Å²) >= 11 is 8.23. The fraction of sp³-hybridized carbons (Fsp3) is 0.429. The Hall–Kier alpha value is -1.15. The molecule has 0 radical (unpaired) electrons. The van der Waals surface area contributed by atoms with Crippen molar-refractivity contribution in [2.24, 2.45) is 0 Å². The second-order valence-corrected chi connectivity index (χ2v) is 9.06. The van der Waals surface area contributed by atoms with Gasteiger partial charge in [0.05, 0.1) is 6.61 Å². The summed E-state index contributed by atoms with van der Waals surface area (Å²) in [5, 5.41) is 30.6. The molecule has 0 spiro atoms. The van der Waals surface area contributed by atoms with E-state index in [4.69, 9.17) is 16.3 Å². The van der Waals surface area contributed by atoms with Crippen LogP contribution in [0.4, 0.5) is 4.39 Å². The van der Waals surface area contributed by atoms with Gasteiger partial charge in [0.2, 0.25) is 0 Å². The third kappa shape index (κ3) is 3.82. The van der Waals surface area contributed by atoms with Crippen LogP contribution in [-0.4, -0.2) is 51.7 Å². The van der Waals surface area contributed by atoms with Gasteiger partial charge in [-0.2, -0.15) is 0 Å². The van der Waals surface area contributed by atoms with E-state index in [9.17, 15) is 19.7 Å². The normalized spacial score (nSPS) is 32.3. The molecule has 1 saturated heterocycles. The Morgan fingerprint density at radius 3 is 2.68 bits per heavy atom. The molecule has 0 saturated carbocycles. The Kier molecular flexibility index (Phi) is 5.97. The number of fused-ring (bicyclic) bond motifs is 1. The summed E-state index contributed by atoms with van der Waals surface area (Å²) in [6.45, 7) is -0.571. The van der Waals surface area contributed by atoms with Gasteiger partial charge in [-0.25, -0.2) is 4.39 Å². The predicted molar refractivity (Wildman–Crippen MR) is 107 cm³/mol. The van der Waals surface area contributed by atoms with E-state index in [1.165, 1.54) is 10.5 Å². The average Bonchev–Trinajstić information content (AvgIpc) is 3.11. The molecule has 7 heteroatoms. The molecule has 6 unspecified atom stereocenters. The number of rotatable bonds is 4. The molecule has 6 atom stereocenters. The first-order valence-corrected chi connectivity index (χ1v) is 10.5. The molecule has 0 bridgehead atoms. The SMILES string of the molecule is OCC1OC(c2ccc(Cl)c(CC3Cc4ccccc4S3)c2)C(O)C(O)C1F. The van der Waals surface area contributed by atoms with Crippen molar-refractivity contribution in [3.8, 4) is 0 Å². The zero-order valence-corrected chi connectivity index (χ0v) is 16.6. The summed E-state index contributed by atoms with van der Waals surface area (Å²) in [4.78, 5) is 1.29. The summed E-state index contributed by atoms with van der Waals surface area (Å²) in [7, 11) is 0. The van der Waals surface area contributed by atoms with Crippen molar-refractivity contribution in [1.29, 1.82) is 0 Å². The number of halogens is 2. The molecular formula is C21H22ClFO4S. The van der Waals surface area contributed by atoms with E-state index in [2.05, 4.69) is 12.1 Å². The second kappa shape index (κ2) is 8.30. The maximum absolute atomic E-state index is 14.0. The molecule has 2 aliphatic rings. The van der Waals surface area contributed by atoms with Gasteiger partial charge >= 0.3 is 0 Å². The van der Waals surface area contributed by atoms with Crippen LogP contribution in [0.2, 0.25) is 5.02 Å². The van der Waals surface area contributed by atoms with Crippen molar-refractivity contribution in [3.63, 3.8) is 0 Å². The van der Waals surface area contributed by atoms with Crippen LogP contribution >= 0.6 is 23.4 Å². The monoisotopic (exact) mass is 424 g/mol. The standard InChI is InChI=1S/C21H22ClFO4S/c22-15-6-5-12(21-20(26)19(25)18(23)16(10-24)27-21)7-13(15)9-14-8-11-3-1-2-4-17(11)28-14/h1-7,14,16,18-21,24-26H,8-10H2. The quantitative estimate of drug-likeness (QED) is 0.703. The van der Waals surface area contributed by atoms with Crippen LogP contribution in [0.25, 0.3) is 0 Å². The highest BCUT2D eigenvalue weighted by Crippen LogP contribution is 2.40. The van der Waals surface area contributed by atoms with Gasteiger partial charge in [-0.3, -0.25) is 0 Å². The molecule has 2 heterocycles. The number of aliphatic hydroxyl groups is 3. The molecule has 1 fully saturated rings. The fourth-order valence-electron chi connectivity index (χ4n) is 3.89. The van der Waals surface area contributed by atoms with E-state index in [0.717, 1.165) is 18.4 Å². The maximum atomic E-state index is 14.0. The molecule has 4 rings (SSSR count). The Bertz CT molecular complexity index is 824. The summed E-state index contributed by atoms with van der Waals surface area (Å²) in [6, 6.07) is 13.6. The van der Waals surface area contributed by atoms with Crippen LogP contribution in [0.5, 0.6) is 0 Å². The topological polar surface area (TPSA) is 69.9 Å². The molecule has 3 N–H and O–H groups in total. The van der Waals surface area contributed by atoms with Crippen molar-refractivity contribution < 1.29 is 24.4 Å². The summed E-state index contributed by atoms with van der Waals surface area (Å²) in [6.07, 6.45) is -5.28. The Morgan fingerprint density at radius 2 is 1.93 bits per heavy atom. The van der Waals surface area contributed by atoms with Crippen LogP contribution in [0.15, 0.2) is 47.4 Å². The van der Waals surface area contributed by atoms with Crippen molar-refractivity contribution in [1.82, 2.24) is 0 Å². The number of thioether (sulfide) groups is 1. The molecule has 0 amide bonds. The van der Waals surface area contributed by atoms with Crippen LogP contribution in [0, 0.1) is 0 Å². The lowest BCUT2D eigenvalue weighted by molar-refractivity contribution is -0.214. The Balaban J connectivity index is 1.54. The highest BCUT2D eigenvalue weighted by molar-refractivity contribution is 8.00. The number of aliphatic hydroxyl groups excluding tert-OH is 3. The van der Waals surface area contributed by atoms with Crippen LogP contribution in [-0.2, 0) is 17.6 Å². The van der Waals surface area contributed by atoms with Gasteiger partial charge in [0.25, 0.3) is 0 Å². The summed E-state index contributed by atoms with van der Waals surface area (Å²) < 4.78 is 19.6. The van der Waals surface area contributed by atoms with Gasteiger partial charge in [0.15, 0.2) is 6.17 Å². The highest BCUT2D eigenvalue weighted by Gasteiger charge is 2.45. The maximum Gasteiger partial charge on any atom is 0.157 e. The van der Waals surface area contributed by atoms with Crippen molar-refractivity contribution in [2.75, 3.05) is 6.61 Å². The first kappa shape index (κ1) is 20.1. The van der Waals surface area contributed by atoms with E-state index in [-0.39, 0.29) is 0 Å². The number of hydrogen-bond donors (Lipinski definition) is 3. The number of hydrogen-bond acceptors (Lipinski definition) is 5. The lowest BCUT2D eigenvalue weighted by Crippen LogP contribution is -2.53. The van der Waals surface area contributed by atoms with Gasteiger partial charge in [-0.1, -0.05) is 41.9 Å². The van der Waals surface area contributed by atoms with E-state index in [1.54, 1.807) is 12.1 Å². The molecule has 0 aromatic heterocycles. The lowest BCUT2D eigenvalue weighted by atomic mass is 9.91. The van der Waals surface area contributed by atoms with Gasteiger partial charge in [0, 0.05) is 15.2 Å². The highest BCUT2D eigenvalue weighted by atomic mass is 35.5. The van der Waals surface area contributed by atoms with Gasteiger partial charge < -0.3 is 20.1 Å². The first-order valence-electron chi connectivity index (χ1n) is 9.27. The minimum Gasteiger partial charge on any atom is -0.394 e. The van der Waals surface area contributed by atoms with Crippen molar-refractivity contribution in [2.45, 2.75) is 53.6 Å². The minimum atomic E-state index is -1.84. The van der Waals surface area contributed by atoms with E-state index in [1.807, 2.05) is 30.0 Å². The molecular weight excluding hydrogens is 403 g/mol.